The van der Waals surface area contributed by atoms with Crippen molar-refractivity contribution in [1.29, 1.82) is 0 Å². The first-order chi connectivity index (χ1) is 8.20. The Hall–Kier alpha value is -1.87. The van der Waals surface area contributed by atoms with Gasteiger partial charge < -0.3 is 10.6 Å². The highest BCUT2D eigenvalue weighted by Gasteiger charge is 2.20. The van der Waals surface area contributed by atoms with Crippen LogP contribution in [0.5, 0.6) is 0 Å². The lowest BCUT2D eigenvalue weighted by Crippen LogP contribution is -2.38. The van der Waals surface area contributed by atoms with Crippen molar-refractivity contribution in [3.05, 3.63) is 61.2 Å². The molecule has 1 amide bonds. The van der Waals surface area contributed by atoms with Gasteiger partial charge in [-0.3, -0.25) is 4.79 Å². The van der Waals surface area contributed by atoms with E-state index in [-0.39, 0.29) is 5.91 Å². The van der Waals surface area contributed by atoms with Gasteiger partial charge in [-0.1, -0.05) is 42.5 Å². The molecule has 0 spiro atoms. The minimum atomic E-state index is -0.629. The average molecular weight is 230 g/mol. The third-order valence-electron chi connectivity index (χ3n) is 2.44. The van der Waals surface area contributed by atoms with E-state index >= 15 is 0 Å². The van der Waals surface area contributed by atoms with Crippen LogP contribution in [0.2, 0.25) is 0 Å². The van der Waals surface area contributed by atoms with Gasteiger partial charge in [0.05, 0.1) is 0 Å². The minimum Gasteiger partial charge on any atom is -0.334 e. The van der Waals surface area contributed by atoms with E-state index in [0.29, 0.717) is 13.1 Å². The lowest BCUT2D eigenvalue weighted by Gasteiger charge is -2.23. The van der Waals surface area contributed by atoms with E-state index in [9.17, 15) is 4.79 Å². The number of rotatable bonds is 6. The predicted molar refractivity (Wildman–Crippen MR) is 70.3 cm³/mol. The van der Waals surface area contributed by atoms with Gasteiger partial charge in [-0.25, -0.2) is 0 Å². The fourth-order valence-corrected chi connectivity index (χ4v) is 1.57. The summed E-state index contributed by atoms with van der Waals surface area (Å²) in [5.41, 5.74) is 6.76. The molecule has 1 aromatic rings. The monoisotopic (exact) mass is 230 g/mol. The lowest BCUT2D eigenvalue weighted by molar-refractivity contribution is -0.131. The first kappa shape index (κ1) is 13.2. The molecule has 3 nitrogen and oxygen atoms in total. The van der Waals surface area contributed by atoms with Gasteiger partial charge in [0.15, 0.2) is 0 Å². The van der Waals surface area contributed by atoms with E-state index in [4.69, 9.17) is 5.73 Å². The summed E-state index contributed by atoms with van der Waals surface area (Å²) in [6.45, 7) is 8.21. The summed E-state index contributed by atoms with van der Waals surface area (Å²) in [6, 6.07) is 8.70. The first-order valence-electron chi connectivity index (χ1n) is 5.51. The van der Waals surface area contributed by atoms with Crippen LogP contribution in [0.3, 0.4) is 0 Å². The molecule has 0 aliphatic carbocycles. The zero-order valence-corrected chi connectivity index (χ0v) is 9.88. The first-order valence-corrected chi connectivity index (χ1v) is 5.51. The molecule has 0 bridgehead atoms. The van der Waals surface area contributed by atoms with E-state index in [0.717, 1.165) is 5.56 Å². The van der Waals surface area contributed by atoms with Crippen LogP contribution in [-0.2, 0) is 4.79 Å². The van der Waals surface area contributed by atoms with Crippen LogP contribution in [0.25, 0.3) is 0 Å². The lowest BCUT2D eigenvalue weighted by atomic mass is 10.1. The largest absolute Gasteiger partial charge is 0.334 e. The van der Waals surface area contributed by atoms with E-state index < -0.39 is 6.04 Å². The van der Waals surface area contributed by atoms with Crippen molar-refractivity contribution in [3.63, 3.8) is 0 Å². The maximum atomic E-state index is 12.1. The van der Waals surface area contributed by atoms with E-state index in [1.54, 1.807) is 17.1 Å². The van der Waals surface area contributed by atoms with Crippen LogP contribution in [-0.4, -0.2) is 23.9 Å². The molecule has 0 saturated heterocycles. The predicted octanol–water partition coefficient (Wildman–Crippen LogP) is 1.89. The van der Waals surface area contributed by atoms with E-state index in [2.05, 4.69) is 13.2 Å². The SMILES string of the molecule is C=CCN(CC=C)C(=O)[C@@H](N)c1ccccc1. The Kier molecular flexibility index (Phi) is 5.17. The number of carbonyl (C=O) groups is 1. The van der Waals surface area contributed by atoms with E-state index in [1.807, 2.05) is 30.3 Å². The normalized spacial score (nSPS) is 11.6. The maximum absolute atomic E-state index is 12.1. The van der Waals surface area contributed by atoms with Crippen LogP contribution in [0.15, 0.2) is 55.6 Å². The molecular weight excluding hydrogens is 212 g/mol. The highest BCUT2D eigenvalue weighted by atomic mass is 16.2. The van der Waals surface area contributed by atoms with Gasteiger partial charge in [0.25, 0.3) is 0 Å². The molecule has 0 unspecified atom stereocenters. The van der Waals surface area contributed by atoms with Crippen molar-refractivity contribution < 1.29 is 4.79 Å². The summed E-state index contributed by atoms with van der Waals surface area (Å²) < 4.78 is 0. The number of hydrogen-bond donors (Lipinski definition) is 1. The molecule has 0 aromatic heterocycles. The van der Waals surface area contributed by atoms with Gasteiger partial charge in [0.1, 0.15) is 6.04 Å². The van der Waals surface area contributed by atoms with Crippen molar-refractivity contribution >= 4 is 5.91 Å². The van der Waals surface area contributed by atoms with Crippen LogP contribution >= 0.6 is 0 Å². The van der Waals surface area contributed by atoms with Gasteiger partial charge in [0.2, 0.25) is 5.91 Å². The number of nitrogens with zero attached hydrogens (tertiary/aromatic N) is 1. The van der Waals surface area contributed by atoms with Crippen LogP contribution in [0.1, 0.15) is 11.6 Å². The Balaban J connectivity index is 2.79. The second-order valence-corrected chi connectivity index (χ2v) is 3.71. The molecule has 1 rings (SSSR count). The number of hydrogen-bond acceptors (Lipinski definition) is 2. The van der Waals surface area contributed by atoms with Gasteiger partial charge in [-0.05, 0) is 5.56 Å². The zero-order chi connectivity index (χ0) is 12.7. The van der Waals surface area contributed by atoms with Crippen LogP contribution < -0.4 is 5.73 Å². The van der Waals surface area contributed by atoms with Crippen molar-refractivity contribution in [2.24, 2.45) is 5.73 Å². The second kappa shape index (κ2) is 6.66. The molecule has 0 heterocycles. The molecular formula is C14H18N2O. The third-order valence-corrected chi connectivity index (χ3v) is 2.44. The van der Waals surface area contributed by atoms with E-state index in [1.165, 1.54) is 0 Å². The number of benzene rings is 1. The molecule has 0 radical (unpaired) electrons. The Morgan fingerprint density at radius 2 is 1.76 bits per heavy atom. The Labute approximate surface area is 102 Å². The molecule has 90 valence electrons. The molecule has 0 fully saturated rings. The highest BCUT2D eigenvalue weighted by Crippen LogP contribution is 2.12. The Morgan fingerprint density at radius 3 is 2.24 bits per heavy atom. The van der Waals surface area contributed by atoms with Crippen LogP contribution in [0.4, 0.5) is 0 Å². The smallest absolute Gasteiger partial charge is 0.244 e. The number of amides is 1. The fourth-order valence-electron chi connectivity index (χ4n) is 1.57. The molecule has 3 heteroatoms. The second-order valence-electron chi connectivity index (χ2n) is 3.71. The standard InChI is InChI=1S/C14H18N2O/c1-3-10-16(11-4-2)14(17)13(15)12-8-6-5-7-9-12/h3-9,13H,1-2,10-11,15H2/t13-/m0/s1. The number of carbonyl (C=O) groups excluding carboxylic acids is 1. The number of nitrogens with two attached hydrogens (primary N) is 1. The Morgan fingerprint density at radius 1 is 1.24 bits per heavy atom. The van der Waals surface area contributed by atoms with Crippen LogP contribution in [0, 0.1) is 0 Å². The minimum absolute atomic E-state index is 0.115. The summed E-state index contributed by atoms with van der Waals surface area (Å²) in [5.74, 6) is -0.115. The fraction of sp³-hybridized carbons (Fsp3) is 0.214. The molecule has 0 aliphatic rings. The van der Waals surface area contributed by atoms with Crippen molar-refractivity contribution in [2.75, 3.05) is 13.1 Å². The highest BCUT2D eigenvalue weighted by molar-refractivity contribution is 5.83. The summed E-state index contributed by atoms with van der Waals surface area (Å²) in [4.78, 5) is 13.8. The maximum Gasteiger partial charge on any atom is 0.244 e. The van der Waals surface area contributed by atoms with Crippen molar-refractivity contribution in [3.8, 4) is 0 Å². The average Bonchev–Trinajstić information content (AvgIpc) is 2.38. The quantitative estimate of drug-likeness (QED) is 0.758. The van der Waals surface area contributed by atoms with Gasteiger partial charge in [-0.15, -0.1) is 13.2 Å². The summed E-state index contributed by atoms with van der Waals surface area (Å²) in [5, 5.41) is 0. The topological polar surface area (TPSA) is 46.3 Å². The third kappa shape index (κ3) is 3.57. The van der Waals surface area contributed by atoms with Crippen molar-refractivity contribution in [1.82, 2.24) is 4.90 Å². The molecule has 17 heavy (non-hydrogen) atoms. The molecule has 1 atom stereocenters. The molecule has 0 saturated carbocycles. The van der Waals surface area contributed by atoms with Gasteiger partial charge in [0, 0.05) is 13.1 Å². The molecule has 1 aromatic carbocycles. The molecule has 2 N–H and O–H groups in total. The summed E-state index contributed by atoms with van der Waals surface area (Å²) >= 11 is 0. The summed E-state index contributed by atoms with van der Waals surface area (Å²) in [7, 11) is 0. The molecule has 0 aliphatic heterocycles. The summed E-state index contributed by atoms with van der Waals surface area (Å²) in [6.07, 6.45) is 3.36. The van der Waals surface area contributed by atoms with Gasteiger partial charge >= 0.3 is 0 Å². The van der Waals surface area contributed by atoms with Gasteiger partial charge in [-0.2, -0.15) is 0 Å². The Bertz CT molecular complexity index is 376. The van der Waals surface area contributed by atoms with Crippen molar-refractivity contribution in [2.45, 2.75) is 6.04 Å². The zero-order valence-electron chi connectivity index (χ0n) is 9.88.